The second-order valence-corrected chi connectivity index (χ2v) is 5.63. The highest BCUT2D eigenvalue weighted by molar-refractivity contribution is 6.32. The van der Waals surface area contributed by atoms with Crippen molar-refractivity contribution in [2.24, 2.45) is 0 Å². The van der Waals surface area contributed by atoms with Crippen molar-refractivity contribution < 1.29 is 14.6 Å². The van der Waals surface area contributed by atoms with Crippen LogP contribution in [0.4, 0.5) is 0 Å². The minimum absolute atomic E-state index is 0.290. The monoisotopic (exact) mass is 299 g/mol. The van der Waals surface area contributed by atoms with Gasteiger partial charge in [-0.3, -0.25) is 4.90 Å². The van der Waals surface area contributed by atoms with Crippen LogP contribution in [-0.2, 0) is 4.74 Å². The molecule has 4 nitrogen and oxygen atoms in total. The van der Waals surface area contributed by atoms with Crippen LogP contribution in [0.15, 0.2) is 12.1 Å². The van der Waals surface area contributed by atoms with Crippen LogP contribution in [0.2, 0.25) is 5.02 Å². The highest BCUT2D eigenvalue weighted by Gasteiger charge is 2.15. The van der Waals surface area contributed by atoms with E-state index in [1.165, 1.54) is 0 Å². The maximum absolute atomic E-state index is 10.0. The number of β-amino-alcohol motifs (C(OH)–C–C–N with tert-alkyl or cyclic N) is 1. The Labute approximate surface area is 125 Å². The average molecular weight is 300 g/mol. The van der Waals surface area contributed by atoms with Crippen molar-refractivity contribution in [2.45, 2.75) is 20.0 Å². The molecule has 1 aliphatic heterocycles. The van der Waals surface area contributed by atoms with Crippen LogP contribution in [0.25, 0.3) is 0 Å². The molecule has 0 amide bonds. The molecule has 112 valence electrons. The second kappa shape index (κ2) is 7.27. The molecular weight excluding hydrogens is 278 g/mol. The lowest BCUT2D eigenvalue weighted by Gasteiger charge is -2.28. The number of benzene rings is 1. The van der Waals surface area contributed by atoms with Crippen LogP contribution in [0.1, 0.15) is 11.1 Å². The van der Waals surface area contributed by atoms with Gasteiger partial charge in [-0.15, -0.1) is 0 Å². The maximum Gasteiger partial charge on any atom is 0.120 e. The molecule has 1 heterocycles. The largest absolute Gasteiger partial charge is 0.491 e. The molecule has 1 aromatic rings. The number of nitrogens with zero attached hydrogens (tertiary/aromatic N) is 1. The molecule has 1 unspecified atom stereocenters. The Hall–Kier alpha value is -0.810. The first-order valence-electron chi connectivity index (χ1n) is 6.94. The molecule has 1 N–H and O–H groups in total. The van der Waals surface area contributed by atoms with E-state index >= 15 is 0 Å². The predicted molar refractivity (Wildman–Crippen MR) is 79.7 cm³/mol. The van der Waals surface area contributed by atoms with Gasteiger partial charge in [-0.25, -0.2) is 0 Å². The highest BCUT2D eigenvalue weighted by atomic mass is 35.5. The van der Waals surface area contributed by atoms with Gasteiger partial charge in [-0.05, 0) is 37.1 Å². The van der Waals surface area contributed by atoms with Gasteiger partial charge >= 0.3 is 0 Å². The van der Waals surface area contributed by atoms with Crippen molar-refractivity contribution in [3.8, 4) is 5.75 Å². The van der Waals surface area contributed by atoms with E-state index in [2.05, 4.69) is 4.90 Å². The summed E-state index contributed by atoms with van der Waals surface area (Å²) >= 11 is 6.12. The highest BCUT2D eigenvalue weighted by Crippen LogP contribution is 2.25. The van der Waals surface area contributed by atoms with Crippen molar-refractivity contribution >= 4 is 11.6 Å². The fourth-order valence-corrected chi connectivity index (χ4v) is 2.43. The van der Waals surface area contributed by atoms with Gasteiger partial charge < -0.3 is 14.6 Å². The van der Waals surface area contributed by atoms with Crippen LogP contribution < -0.4 is 4.74 Å². The fraction of sp³-hybridized carbons (Fsp3) is 0.600. The lowest BCUT2D eigenvalue weighted by molar-refractivity contribution is 0.00464. The third kappa shape index (κ3) is 4.35. The summed E-state index contributed by atoms with van der Waals surface area (Å²) in [6, 6.07) is 3.80. The lowest BCUT2D eigenvalue weighted by atomic mass is 10.1. The van der Waals surface area contributed by atoms with Gasteiger partial charge in [-0.1, -0.05) is 11.6 Å². The number of hydrogen-bond donors (Lipinski definition) is 1. The predicted octanol–water partition coefficient (Wildman–Crippen LogP) is 2.03. The zero-order valence-electron chi connectivity index (χ0n) is 12.1. The molecule has 0 bridgehead atoms. The Balaban J connectivity index is 1.82. The summed E-state index contributed by atoms with van der Waals surface area (Å²) in [7, 11) is 0. The van der Waals surface area contributed by atoms with Gasteiger partial charge in [0.1, 0.15) is 18.5 Å². The third-order valence-corrected chi connectivity index (χ3v) is 4.02. The summed E-state index contributed by atoms with van der Waals surface area (Å²) in [5.41, 5.74) is 1.98. The number of rotatable bonds is 5. The SMILES string of the molecule is Cc1cc(OCC(O)CN2CCOCC2)cc(C)c1Cl. The Morgan fingerprint density at radius 2 is 1.90 bits per heavy atom. The molecule has 0 radical (unpaired) electrons. The minimum Gasteiger partial charge on any atom is -0.491 e. The molecule has 0 aromatic heterocycles. The first-order valence-corrected chi connectivity index (χ1v) is 7.32. The smallest absolute Gasteiger partial charge is 0.120 e. The summed E-state index contributed by atoms with van der Waals surface area (Å²) in [6.45, 7) is 8.03. The second-order valence-electron chi connectivity index (χ2n) is 5.25. The molecule has 0 aliphatic carbocycles. The van der Waals surface area contributed by atoms with Crippen molar-refractivity contribution in [3.05, 3.63) is 28.3 Å². The van der Waals surface area contributed by atoms with E-state index in [1.807, 2.05) is 26.0 Å². The molecule has 1 aliphatic rings. The number of aliphatic hydroxyl groups is 1. The van der Waals surface area contributed by atoms with Crippen LogP contribution in [0.5, 0.6) is 5.75 Å². The topological polar surface area (TPSA) is 41.9 Å². The van der Waals surface area contributed by atoms with Gasteiger partial charge in [-0.2, -0.15) is 0 Å². The summed E-state index contributed by atoms with van der Waals surface area (Å²) in [6.07, 6.45) is -0.496. The summed E-state index contributed by atoms with van der Waals surface area (Å²) in [5.74, 6) is 0.755. The number of hydrogen-bond acceptors (Lipinski definition) is 4. The van der Waals surface area contributed by atoms with Gasteiger partial charge in [0.15, 0.2) is 0 Å². The van der Waals surface area contributed by atoms with E-state index in [0.29, 0.717) is 6.54 Å². The van der Waals surface area contributed by atoms with Crippen LogP contribution >= 0.6 is 11.6 Å². The van der Waals surface area contributed by atoms with E-state index in [9.17, 15) is 5.11 Å². The molecule has 0 saturated carbocycles. The van der Waals surface area contributed by atoms with Gasteiger partial charge in [0.2, 0.25) is 0 Å². The number of aliphatic hydroxyl groups excluding tert-OH is 1. The molecule has 1 aromatic carbocycles. The molecule has 2 rings (SSSR count). The molecule has 1 saturated heterocycles. The van der Waals surface area contributed by atoms with E-state index in [-0.39, 0.29) is 6.61 Å². The van der Waals surface area contributed by atoms with Crippen LogP contribution in [-0.4, -0.2) is 55.6 Å². The first kappa shape index (κ1) is 15.6. The van der Waals surface area contributed by atoms with Crippen molar-refractivity contribution in [1.29, 1.82) is 0 Å². The van der Waals surface area contributed by atoms with E-state index < -0.39 is 6.10 Å². The molecule has 1 fully saturated rings. The van der Waals surface area contributed by atoms with Crippen molar-refractivity contribution in [2.75, 3.05) is 39.5 Å². The zero-order valence-corrected chi connectivity index (χ0v) is 12.8. The number of ether oxygens (including phenoxy) is 2. The van der Waals surface area contributed by atoms with E-state index in [0.717, 1.165) is 48.2 Å². The number of halogens is 1. The first-order chi connectivity index (χ1) is 9.56. The Morgan fingerprint density at radius 3 is 2.50 bits per heavy atom. The van der Waals surface area contributed by atoms with Crippen molar-refractivity contribution in [1.82, 2.24) is 4.90 Å². The van der Waals surface area contributed by atoms with Crippen molar-refractivity contribution in [3.63, 3.8) is 0 Å². The molecule has 20 heavy (non-hydrogen) atoms. The average Bonchev–Trinajstić information content (AvgIpc) is 2.43. The summed E-state index contributed by atoms with van der Waals surface area (Å²) < 4.78 is 10.9. The molecule has 0 spiro atoms. The lowest BCUT2D eigenvalue weighted by Crippen LogP contribution is -2.42. The van der Waals surface area contributed by atoms with Gasteiger partial charge in [0, 0.05) is 24.7 Å². The Bertz CT molecular complexity index is 424. The summed E-state index contributed by atoms with van der Waals surface area (Å²) in [4.78, 5) is 2.19. The number of aryl methyl sites for hydroxylation is 2. The van der Waals surface area contributed by atoms with E-state index in [1.54, 1.807) is 0 Å². The van der Waals surface area contributed by atoms with E-state index in [4.69, 9.17) is 21.1 Å². The molecule has 1 atom stereocenters. The van der Waals surface area contributed by atoms with Gasteiger partial charge in [0.05, 0.1) is 13.2 Å². The quantitative estimate of drug-likeness (QED) is 0.903. The van der Waals surface area contributed by atoms with Gasteiger partial charge in [0.25, 0.3) is 0 Å². The zero-order chi connectivity index (χ0) is 14.5. The Morgan fingerprint density at radius 1 is 1.30 bits per heavy atom. The third-order valence-electron chi connectivity index (χ3n) is 3.42. The normalized spacial score (nSPS) is 18.0. The minimum atomic E-state index is -0.496. The summed E-state index contributed by atoms with van der Waals surface area (Å²) in [5, 5.41) is 10.8. The Kier molecular flexibility index (Phi) is 5.66. The molecular formula is C15H22ClNO3. The number of morpholine rings is 1. The molecule has 5 heteroatoms. The fourth-order valence-electron chi connectivity index (χ4n) is 2.32. The standard InChI is InChI=1S/C15H22ClNO3/c1-11-7-14(8-12(2)15(11)16)20-10-13(18)9-17-3-5-19-6-4-17/h7-8,13,18H,3-6,9-10H2,1-2H3. The van der Waals surface area contributed by atoms with Crippen LogP contribution in [0, 0.1) is 13.8 Å². The maximum atomic E-state index is 10.0. The van der Waals surface area contributed by atoms with Crippen LogP contribution in [0.3, 0.4) is 0 Å².